The minimum absolute atomic E-state index is 0.0191. The first kappa shape index (κ1) is 17.2. The number of aromatic hydroxyl groups is 1. The van der Waals surface area contributed by atoms with Crippen LogP contribution in [0, 0.1) is 5.92 Å². The molecule has 1 atom stereocenters. The molecule has 0 fully saturated rings. The van der Waals surface area contributed by atoms with E-state index in [0.29, 0.717) is 12.2 Å². The molecule has 1 aromatic rings. The van der Waals surface area contributed by atoms with E-state index < -0.39 is 0 Å². The molecule has 0 saturated heterocycles. The van der Waals surface area contributed by atoms with Gasteiger partial charge in [-0.15, -0.1) is 0 Å². The van der Waals surface area contributed by atoms with Crippen molar-refractivity contribution >= 4 is 11.6 Å². The van der Waals surface area contributed by atoms with E-state index in [1.165, 1.54) is 0 Å². The van der Waals surface area contributed by atoms with Crippen LogP contribution in [0.5, 0.6) is 11.5 Å². The molecule has 0 aliphatic rings. The van der Waals surface area contributed by atoms with Crippen molar-refractivity contribution < 1.29 is 19.4 Å². The second-order valence-corrected chi connectivity index (χ2v) is 5.43. The SMILES string of the molecule is CCCC(=O)COc1cc(CC[C@H](C)C(C)=O)ccc1O. The molecule has 1 N–H and O–H groups in total. The summed E-state index contributed by atoms with van der Waals surface area (Å²) in [5, 5.41) is 9.75. The van der Waals surface area contributed by atoms with Crippen LogP contribution in [-0.4, -0.2) is 23.3 Å². The molecular formula is C17H24O4. The van der Waals surface area contributed by atoms with E-state index in [4.69, 9.17) is 4.74 Å². The van der Waals surface area contributed by atoms with E-state index in [9.17, 15) is 14.7 Å². The summed E-state index contributed by atoms with van der Waals surface area (Å²) in [4.78, 5) is 22.7. The van der Waals surface area contributed by atoms with Crippen molar-refractivity contribution in [1.82, 2.24) is 0 Å². The molecule has 0 heterocycles. The van der Waals surface area contributed by atoms with E-state index >= 15 is 0 Å². The molecule has 1 rings (SSSR count). The van der Waals surface area contributed by atoms with Crippen molar-refractivity contribution in [2.24, 2.45) is 5.92 Å². The Morgan fingerprint density at radius 1 is 1.33 bits per heavy atom. The van der Waals surface area contributed by atoms with Gasteiger partial charge in [-0.25, -0.2) is 0 Å². The standard InChI is InChI=1S/C17H24O4/c1-4-5-15(19)11-21-17-10-14(8-9-16(17)20)7-6-12(2)13(3)18/h8-10,12,20H,4-7,11H2,1-3H3/t12-/m0/s1. The summed E-state index contributed by atoms with van der Waals surface area (Å²) in [6.45, 7) is 5.42. The van der Waals surface area contributed by atoms with Crippen molar-refractivity contribution in [3.8, 4) is 11.5 Å². The lowest BCUT2D eigenvalue weighted by atomic mass is 9.98. The molecule has 4 heteroatoms. The van der Waals surface area contributed by atoms with Crippen molar-refractivity contribution in [3.05, 3.63) is 23.8 Å². The van der Waals surface area contributed by atoms with Crippen molar-refractivity contribution in [3.63, 3.8) is 0 Å². The maximum Gasteiger partial charge on any atom is 0.170 e. The average Bonchev–Trinajstić information content (AvgIpc) is 2.44. The highest BCUT2D eigenvalue weighted by Gasteiger charge is 2.10. The number of hydrogen-bond acceptors (Lipinski definition) is 4. The van der Waals surface area contributed by atoms with Crippen molar-refractivity contribution in [2.45, 2.75) is 46.5 Å². The van der Waals surface area contributed by atoms with Gasteiger partial charge in [-0.1, -0.05) is 19.9 Å². The first-order valence-corrected chi connectivity index (χ1v) is 7.40. The van der Waals surface area contributed by atoms with Crippen LogP contribution in [-0.2, 0) is 16.0 Å². The normalized spacial score (nSPS) is 12.0. The van der Waals surface area contributed by atoms with Gasteiger partial charge in [0.1, 0.15) is 12.4 Å². The van der Waals surface area contributed by atoms with Gasteiger partial charge in [0.15, 0.2) is 17.3 Å². The van der Waals surface area contributed by atoms with Gasteiger partial charge in [-0.05, 0) is 43.9 Å². The molecule has 0 unspecified atom stereocenters. The van der Waals surface area contributed by atoms with Gasteiger partial charge in [0.05, 0.1) is 0 Å². The van der Waals surface area contributed by atoms with Crippen LogP contribution in [0.25, 0.3) is 0 Å². The molecule has 0 saturated carbocycles. The quantitative estimate of drug-likeness (QED) is 0.758. The summed E-state index contributed by atoms with van der Waals surface area (Å²) >= 11 is 0. The highest BCUT2D eigenvalue weighted by atomic mass is 16.5. The monoisotopic (exact) mass is 292 g/mol. The highest BCUT2D eigenvalue weighted by molar-refractivity contribution is 5.80. The summed E-state index contributed by atoms with van der Waals surface area (Å²) in [7, 11) is 0. The third kappa shape index (κ3) is 5.98. The van der Waals surface area contributed by atoms with Gasteiger partial charge in [-0.3, -0.25) is 9.59 Å². The van der Waals surface area contributed by atoms with Gasteiger partial charge in [-0.2, -0.15) is 0 Å². The maximum atomic E-state index is 11.5. The second-order valence-electron chi connectivity index (χ2n) is 5.43. The fraction of sp³-hybridized carbons (Fsp3) is 0.529. The van der Waals surface area contributed by atoms with Crippen LogP contribution in [0.1, 0.15) is 45.6 Å². The Hall–Kier alpha value is -1.84. The van der Waals surface area contributed by atoms with E-state index in [1.807, 2.05) is 19.9 Å². The first-order valence-electron chi connectivity index (χ1n) is 7.40. The molecule has 0 aliphatic heterocycles. The maximum absolute atomic E-state index is 11.5. The number of carbonyl (C=O) groups is 2. The minimum Gasteiger partial charge on any atom is -0.504 e. The number of ether oxygens (including phenoxy) is 1. The van der Waals surface area contributed by atoms with E-state index in [0.717, 1.165) is 24.8 Å². The molecule has 4 nitrogen and oxygen atoms in total. The summed E-state index contributed by atoms with van der Waals surface area (Å²) in [5.74, 6) is 0.576. The zero-order valence-corrected chi connectivity index (χ0v) is 13.0. The molecule has 21 heavy (non-hydrogen) atoms. The molecule has 116 valence electrons. The summed E-state index contributed by atoms with van der Waals surface area (Å²) < 4.78 is 5.38. The number of benzene rings is 1. The van der Waals surface area contributed by atoms with Gasteiger partial charge in [0.2, 0.25) is 0 Å². The number of phenolic OH excluding ortho intramolecular Hbond substituents is 1. The van der Waals surface area contributed by atoms with Crippen LogP contribution >= 0.6 is 0 Å². The highest BCUT2D eigenvalue weighted by Crippen LogP contribution is 2.28. The van der Waals surface area contributed by atoms with Crippen molar-refractivity contribution in [2.75, 3.05) is 6.61 Å². The summed E-state index contributed by atoms with van der Waals surface area (Å²) in [6.07, 6.45) is 2.77. The minimum atomic E-state index is -0.0191. The molecule has 0 aliphatic carbocycles. The number of Topliss-reactive ketones (excluding diaryl/α,β-unsaturated/α-hetero) is 2. The average molecular weight is 292 g/mol. The molecular weight excluding hydrogens is 268 g/mol. The molecule has 0 amide bonds. The lowest BCUT2D eigenvalue weighted by Crippen LogP contribution is -2.11. The number of hydrogen-bond donors (Lipinski definition) is 1. The Bertz CT molecular complexity index is 494. The van der Waals surface area contributed by atoms with E-state index in [1.54, 1.807) is 19.1 Å². The Kier molecular flexibility index (Phi) is 6.92. The number of phenols is 1. The Morgan fingerprint density at radius 2 is 2.05 bits per heavy atom. The van der Waals surface area contributed by atoms with Gasteiger partial charge in [0, 0.05) is 12.3 Å². The molecule has 0 aromatic heterocycles. The fourth-order valence-corrected chi connectivity index (χ4v) is 1.93. The van der Waals surface area contributed by atoms with E-state index in [2.05, 4.69) is 0 Å². The predicted octanol–water partition coefficient (Wildman–Crippen LogP) is 3.30. The lowest BCUT2D eigenvalue weighted by molar-refractivity contribution is -0.121. The van der Waals surface area contributed by atoms with Gasteiger partial charge >= 0.3 is 0 Å². The topological polar surface area (TPSA) is 63.6 Å². The van der Waals surface area contributed by atoms with Crippen LogP contribution in [0.2, 0.25) is 0 Å². The zero-order chi connectivity index (χ0) is 15.8. The van der Waals surface area contributed by atoms with Gasteiger partial charge in [0.25, 0.3) is 0 Å². The Balaban J connectivity index is 2.62. The number of aryl methyl sites for hydroxylation is 1. The van der Waals surface area contributed by atoms with Crippen molar-refractivity contribution in [1.29, 1.82) is 0 Å². The van der Waals surface area contributed by atoms with Crippen LogP contribution < -0.4 is 4.74 Å². The fourth-order valence-electron chi connectivity index (χ4n) is 1.93. The number of carbonyl (C=O) groups excluding carboxylic acids is 2. The van der Waals surface area contributed by atoms with Gasteiger partial charge < -0.3 is 9.84 Å². The number of ketones is 2. The third-order valence-corrected chi connectivity index (χ3v) is 3.50. The molecule has 0 radical (unpaired) electrons. The second kappa shape index (κ2) is 8.45. The summed E-state index contributed by atoms with van der Waals surface area (Å²) in [6, 6.07) is 5.11. The molecule has 1 aromatic carbocycles. The number of rotatable bonds is 9. The predicted molar refractivity (Wildman–Crippen MR) is 81.7 cm³/mol. The summed E-state index contributed by atoms with van der Waals surface area (Å²) in [5.41, 5.74) is 0.985. The lowest BCUT2D eigenvalue weighted by Gasteiger charge is -2.11. The third-order valence-electron chi connectivity index (χ3n) is 3.50. The zero-order valence-electron chi connectivity index (χ0n) is 13.0. The largest absolute Gasteiger partial charge is 0.504 e. The molecule has 0 bridgehead atoms. The smallest absolute Gasteiger partial charge is 0.170 e. The van der Waals surface area contributed by atoms with Crippen LogP contribution in [0.3, 0.4) is 0 Å². The van der Waals surface area contributed by atoms with Crippen LogP contribution in [0.15, 0.2) is 18.2 Å². The molecule has 0 spiro atoms. The van der Waals surface area contributed by atoms with Crippen LogP contribution in [0.4, 0.5) is 0 Å². The first-order chi connectivity index (χ1) is 9.93. The van der Waals surface area contributed by atoms with E-state index in [-0.39, 0.29) is 29.8 Å². The Morgan fingerprint density at radius 3 is 2.67 bits per heavy atom. The Labute approximate surface area is 126 Å².